The molecule has 0 aliphatic rings. The van der Waals surface area contributed by atoms with E-state index in [1.54, 1.807) is 12.1 Å². The van der Waals surface area contributed by atoms with Gasteiger partial charge in [-0.05, 0) is 24.6 Å². The fraction of sp³-hybridized carbons (Fsp3) is 0.375. The first kappa shape index (κ1) is 20.4. The first-order valence-corrected chi connectivity index (χ1v) is 7.79. The summed E-state index contributed by atoms with van der Waals surface area (Å²) in [6, 6.07) is 3.31. The minimum absolute atomic E-state index is 0.119. The van der Waals surface area contributed by atoms with Gasteiger partial charge in [-0.3, -0.25) is 14.4 Å². The maximum Gasteiger partial charge on any atom is 0.326 e. The zero-order valence-corrected chi connectivity index (χ0v) is 14.3. The van der Waals surface area contributed by atoms with Crippen LogP contribution >= 0.6 is 11.6 Å². The molecule has 8 nitrogen and oxygen atoms in total. The van der Waals surface area contributed by atoms with Crippen molar-refractivity contribution in [2.24, 2.45) is 5.73 Å². The number of benzene rings is 1. The molecule has 4 N–H and O–H groups in total. The number of rotatable bonds is 10. The number of Topliss-reactive ketones (excluding diaryl/α,β-unsaturated/α-hetero) is 1. The van der Waals surface area contributed by atoms with Crippen molar-refractivity contribution in [2.75, 3.05) is 7.11 Å². The smallest absolute Gasteiger partial charge is 0.326 e. The highest BCUT2D eigenvalue weighted by atomic mass is 35.5. The molecule has 0 radical (unpaired) electrons. The van der Waals surface area contributed by atoms with E-state index in [2.05, 4.69) is 5.32 Å². The third-order valence-corrected chi connectivity index (χ3v) is 3.59. The average molecular weight is 371 g/mol. The molecule has 25 heavy (non-hydrogen) atoms. The number of nitrogens with one attached hydrogen (secondary N) is 1. The number of carboxylic acids is 1. The Kier molecular flexibility index (Phi) is 7.87. The molecule has 9 heteroatoms. The Morgan fingerprint density at radius 3 is 2.48 bits per heavy atom. The lowest BCUT2D eigenvalue weighted by Gasteiger charge is -2.13. The maximum absolute atomic E-state index is 12.2. The van der Waals surface area contributed by atoms with Crippen LogP contribution in [0.3, 0.4) is 0 Å². The zero-order valence-electron chi connectivity index (χ0n) is 13.6. The number of halogens is 1. The minimum atomic E-state index is -1.28. The Balaban J connectivity index is 2.63. The highest BCUT2D eigenvalue weighted by Gasteiger charge is 2.21. The fourth-order valence-electron chi connectivity index (χ4n) is 2.07. The van der Waals surface area contributed by atoms with E-state index in [4.69, 9.17) is 27.2 Å². The molecule has 1 rings (SSSR count). The molecule has 1 aromatic carbocycles. The molecule has 0 saturated heterocycles. The van der Waals surface area contributed by atoms with E-state index in [1.807, 2.05) is 0 Å². The van der Waals surface area contributed by atoms with Crippen molar-refractivity contribution in [3.8, 4) is 5.75 Å². The van der Waals surface area contributed by atoms with Crippen LogP contribution in [-0.2, 0) is 14.4 Å². The van der Waals surface area contributed by atoms with Crippen molar-refractivity contribution < 1.29 is 29.0 Å². The van der Waals surface area contributed by atoms with E-state index in [9.17, 15) is 19.2 Å². The molecule has 0 aliphatic carbocycles. The van der Waals surface area contributed by atoms with Crippen molar-refractivity contribution in [3.05, 3.63) is 28.8 Å². The molecule has 0 aromatic heterocycles. The number of methoxy groups -OCH3 is 1. The van der Waals surface area contributed by atoms with Crippen LogP contribution in [0.2, 0.25) is 5.02 Å². The molecule has 0 saturated carbocycles. The van der Waals surface area contributed by atoms with Gasteiger partial charge in [-0.1, -0.05) is 11.6 Å². The van der Waals surface area contributed by atoms with Crippen LogP contribution in [0.15, 0.2) is 18.2 Å². The summed E-state index contributed by atoms with van der Waals surface area (Å²) in [5.74, 6) is -2.59. The topological polar surface area (TPSA) is 136 Å². The van der Waals surface area contributed by atoms with Gasteiger partial charge in [0.15, 0.2) is 5.78 Å². The summed E-state index contributed by atoms with van der Waals surface area (Å²) in [5, 5.41) is 11.6. The van der Waals surface area contributed by atoms with E-state index >= 15 is 0 Å². The quantitative estimate of drug-likeness (QED) is 0.528. The molecular weight excluding hydrogens is 352 g/mol. The Labute approximate surface area is 149 Å². The Morgan fingerprint density at radius 2 is 1.92 bits per heavy atom. The van der Waals surface area contributed by atoms with E-state index in [0.717, 1.165) is 0 Å². The number of carbonyl (C=O) groups is 4. The molecule has 1 aromatic rings. The number of carboxylic acid groups (broad SMARTS) is 1. The monoisotopic (exact) mass is 370 g/mol. The first-order valence-electron chi connectivity index (χ1n) is 7.41. The van der Waals surface area contributed by atoms with Gasteiger partial charge in [0, 0.05) is 24.3 Å². The van der Waals surface area contributed by atoms with E-state index in [-0.39, 0.29) is 37.0 Å². The largest absolute Gasteiger partial charge is 0.496 e. The normalized spacial score (nSPS) is 11.4. The zero-order chi connectivity index (χ0) is 19.0. The summed E-state index contributed by atoms with van der Waals surface area (Å²) in [6.45, 7) is 0. The van der Waals surface area contributed by atoms with Gasteiger partial charge in [0.05, 0.1) is 12.7 Å². The molecule has 0 fully saturated rings. The second-order valence-electron chi connectivity index (χ2n) is 5.23. The number of carbonyl (C=O) groups excluding carboxylic acids is 3. The lowest BCUT2D eigenvalue weighted by atomic mass is 10.0. The number of nitrogens with two attached hydrogens (primary N) is 1. The number of ketones is 1. The molecule has 1 atom stereocenters. The van der Waals surface area contributed by atoms with Crippen LogP contribution in [0.4, 0.5) is 0 Å². The van der Waals surface area contributed by atoms with Crippen LogP contribution in [0.1, 0.15) is 36.0 Å². The number of primary amides is 1. The Bertz CT molecular complexity index is 677. The maximum atomic E-state index is 12.2. The molecule has 0 bridgehead atoms. The second kappa shape index (κ2) is 9.63. The lowest BCUT2D eigenvalue weighted by molar-refractivity contribution is -0.142. The highest BCUT2D eigenvalue weighted by molar-refractivity contribution is 6.31. The number of hydrogen-bond acceptors (Lipinski definition) is 5. The molecule has 0 heterocycles. The molecule has 0 spiro atoms. The Hall–Kier alpha value is -2.61. The van der Waals surface area contributed by atoms with Crippen molar-refractivity contribution in [2.45, 2.75) is 31.7 Å². The number of hydrogen-bond donors (Lipinski definition) is 3. The molecule has 136 valence electrons. The summed E-state index contributed by atoms with van der Waals surface area (Å²) in [7, 11) is 1.41. The van der Waals surface area contributed by atoms with Crippen molar-refractivity contribution in [1.82, 2.24) is 5.32 Å². The minimum Gasteiger partial charge on any atom is -0.496 e. The van der Waals surface area contributed by atoms with Crippen LogP contribution in [0.25, 0.3) is 0 Å². The molecule has 1 unspecified atom stereocenters. The van der Waals surface area contributed by atoms with Crippen molar-refractivity contribution in [1.29, 1.82) is 0 Å². The first-order chi connectivity index (χ1) is 11.7. The van der Waals surface area contributed by atoms with Crippen molar-refractivity contribution >= 4 is 35.2 Å². The van der Waals surface area contributed by atoms with Crippen LogP contribution < -0.4 is 15.8 Å². The van der Waals surface area contributed by atoms with Gasteiger partial charge in [0.25, 0.3) is 0 Å². The van der Waals surface area contributed by atoms with Crippen molar-refractivity contribution in [3.63, 3.8) is 0 Å². The van der Waals surface area contributed by atoms with Gasteiger partial charge in [-0.25, -0.2) is 4.79 Å². The average Bonchev–Trinajstić information content (AvgIpc) is 2.55. The summed E-state index contributed by atoms with van der Waals surface area (Å²) in [5.41, 5.74) is 5.20. The summed E-state index contributed by atoms with van der Waals surface area (Å²) < 4.78 is 5.08. The molecule has 0 aliphatic heterocycles. The summed E-state index contributed by atoms with van der Waals surface area (Å²) in [4.78, 5) is 45.9. The molecular formula is C16H19ClN2O6. The van der Waals surface area contributed by atoms with Crippen LogP contribution in [0, 0.1) is 0 Å². The van der Waals surface area contributed by atoms with E-state index < -0.39 is 23.8 Å². The van der Waals surface area contributed by atoms with E-state index in [1.165, 1.54) is 13.2 Å². The van der Waals surface area contributed by atoms with Crippen LogP contribution in [0.5, 0.6) is 5.75 Å². The third-order valence-electron chi connectivity index (χ3n) is 3.35. The second-order valence-corrected chi connectivity index (χ2v) is 5.67. The third kappa shape index (κ3) is 6.80. The highest BCUT2D eigenvalue weighted by Crippen LogP contribution is 2.24. The number of ether oxygens (including phenoxy) is 1. The fourth-order valence-corrected chi connectivity index (χ4v) is 2.24. The predicted molar refractivity (Wildman–Crippen MR) is 89.6 cm³/mol. The van der Waals surface area contributed by atoms with Gasteiger partial charge in [-0.15, -0.1) is 0 Å². The van der Waals surface area contributed by atoms with Gasteiger partial charge < -0.3 is 20.9 Å². The van der Waals surface area contributed by atoms with Gasteiger partial charge in [0.2, 0.25) is 11.8 Å². The molecule has 2 amide bonds. The lowest BCUT2D eigenvalue weighted by Crippen LogP contribution is -2.41. The number of aliphatic carboxylic acids is 1. The predicted octanol–water partition coefficient (Wildman–Crippen LogP) is 1.15. The van der Waals surface area contributed by atoms with E-state index in [0.29, 0.717) is 10.8 Å². The SMILES string of the molecule is COc1ccc(Cl)cc1C(=O)CCC(=O)NC(CCC(N)=O)C(=O)O. The van der Waals surface area contributed by atoms with Gasteiger partial charge >= 0.3 is 5.97 Å². The van der Waals surface area contributed by atoms with Crippen LogP contribution in [-0.4, -0.2) is 41.8 Å². The summed E-state index contributed by atoms with van der Waals surface area (Å²) >= 11 is 5.85. The summed E-state index contributed by atoms with van der Waals surface area (Å²) in [6.07, 6.45) is -0.651. The Morgan fingerprint density at radius 1 is 1.24 bits per heavy atom. The number of amides is 2. The van der Waals surface area contributed by atoms with Gasteiger partial charge in [0.1, 0.15) is 11.8 Å². The standard InChI is InChI=1S/C16H19ClN2O6/c1-25-13-5-2-9(17)8-10(13)12(20)4-7-15(22)19-11(16(23)24)3-6-14(18)21/h2,5,8,11H,3-4,6-7H2,1H3,(H2,18,21)(H,19,22)(H,23,24). The van der Waals surface area contributed by atoms with Gasteiger partial charge in [-0.2, -0.15) is 0 Å².